The highest BCUT2D eigenvalue weighted by Crippen LogP contribution is 2.38. The fourth-order valence-electron chi connectivity index (χ4n) is 8.02. The molecule has 0 bridgehead atoms. The third-order valence-electron chi connectivity index (χ3n) is 11.2. The summed E-state index contributed by atoms with van der Waals surface area (Å²) in [5.74, 6) is 1.25. The number of hydrogen-bond acceptors (Lipinski definition) is 4. The lowest BCUT2D eigenvalue weighted by Crippen LogP contribution is -2.01. The van der Waals surface area contributed by atoms with Crippen molar-refractivity contribution in [1.82, 2.24) is 24.3 Å². The molecule has 0 amide bonds. The highest BCUT2D eigenvalue weighted by atomic mass is 15.0. The fraction of sp³-hybridized carbons (Fsp3) is 0. The first-order valence-electron chi connectivity index (χ1n) is 23.2. The zero-order valence-electron chi connectivity index (χ0n) is 38.9. The molecule has 11 aromatic rings. The molecule has 0 radical (unpaired) electrons. The second kappa shape index (κ2) is 16.5. The molecule has 0 fully saturated rings. The largest absolute Gasteiger partial charge is 0.299 e. The Morgan fingerprint density at radius 2 is 0.730 bits per heavy atom. The van der Waals surface area contributed by atoms with Gasteiger partial charge in [-0.2, -0.15) is 0 Å². The Kier molecular flexibility index (Phi) is 8.44. The van der Waals surface area contributed by atoms with Crippen LogP contribution in [0.4, 0.5) is 0 Å². The molecular weight excluding hydrogens is 767 g/mol. The van der Waals surface area contributed by atoms with Crippen LogP contribution in [-0.4, -0.2) is 24.3 Å². The minimum Gasteiger partial charge on any atom is -0.299 e. The van der Waals surface area contributed by atoms with Crippen LogP contribution in [0.3, 0.4) is 0 Å². The first-order chi connectivity index (χ1) is 33.3. The Labute approximate surface area is 373 Å². The second-order valence-electron chi connectivity index (χ2n) is 15.2. The Hall–Kier alpha value is -8.54. The average molecular weight is 811 g/mol. The first kappa shape index (κ1) is 32.3. The van der Waals surface area contributed by atoms with Gasteiger partial charge in [0.2, 0.25) is 0 Å². The number of nitrogens with zero attached hydrogens (tertiary/aromatic N) is 5. The van der Waals surface area contributed by atoms with Gasteiger partial charge in [-0.3, -0.25) is 4.40 Å². The molecule has 11 rings (SSSR count). The van der Waals surface area contributed by atoms with Crippen molar-refractivity contribution >= 4 is 5.65 Å². The van der Waals surface area contributed by atoms with Crippen molar-refractivity contribution in [1.29, 1.82) is 0 Å². The van der Waals surface area contributed by atoms with E-state index in [1.807, 2.05) is 134 Å². The minimum atomic E-state index is -0.460. The van der Waals surface area contributed by atoms with Gasteiger partial charge in [-0.15, -0.1) is 0 Å². The molecule has 0 aliphatic carbocycles. The van der Waals surface area contributed by atoms with Gasteiger partial charge >= 0.3 is 0 Å². The predicted molar refractivity (Wildman–Crippen MR) is 258 cm³/mol. The maximum absolute atomic E-state index is 9.06. The Balaban J connectivity index is 1.11. The first-order valence-corrected chi connectivity index (χ1v) is 20.7. The predicted octanol–water partition coefficient (Wildman–Crippen LogP) is 14.5. The van der Waals surface area contributed by atoms with Crippen LogP contribution in [0.25, 0.3) is 107 Å². The van der Waals surface area contributed by atoms with Crippen molar-refractivity contribution in [3.05, 3.63) is 237 Å². The summed E-state index contributed by atoms with van der Waals surface area (Å²) in [6.07, 6.45) is 2.01. The van der Waals surface area contributed by atoms with Crippen LogP contribution in [-0.2, 0) is 0 Å². The second-order valence-corrected chi connectivity index (χ2v) is 15.2. The molecule has 0 N–H and O–H groups in total. The summed E-state index contributed by atoms with van der Waals surface area (Å²) in [5, 5.41) is 0. The standard InChI is InChI=1S/C58H39N5/c1-5-16-40(17-6-1)43-27-31-46(32-28-43)56-60-57(47-33-29-44(30-34-47)41-18-7-2-8-19-41)62-58(61-56)52-38-50(42-20-9-3-10-21-42)37-51(39-52)48-24-15-25-49(36-48)54-55(45-22-11-4-12-23-45)63-35-14-13-26-53(63)59-54/h1-39H/i3D,9D,10D,20D,21D. The van der Waals surface area contributed by atoms with E-state index in [-0.39, 0.29) is 17.6 Å². The van der Waals surface area contributed by atoms with Gasteiger partial charge in [0.25, 0.3) is 0 Å². The SMILES string of the molecule is [2H]c1c([2H])c([2H])c(-c2cc(-c3cccc(-c4nc5ccccn5c4-c4ccccc4)c3)cc(-c3nc(-c4ccc(-c5ccccc5)cc4)nc(-c4ccc(-c5ccccc5)cc4)n3)c2)c([2H])c1[2H]. The number of benzene rings is 8. The van der Waals surface area contributed by atoms with E-state index >= 15 is 0 Å². The molecule has 8 aromatic carbocycles. The van der Waals surface area contributed by atoms with Crippen molar-refractivity contribution in [2.45, 2.75) is 0 Å². The van der Waals surface area contributed by atoms with Crippen molar-refractivity contribution in [2.75, 3.05) is 0 Å². The number of aromatic nitrogens is 5. The molecule has 0 aliphatic rings. The van der Waals surface area contributed by atoms with Crippen LogP contribution >= 0.6 is 0 Å². The van der Waals surface area contributed by atoms with E-state index in [0.717, 1.165) is 72.7 Å². The number of imidazole rings is 1. The van der Waals surface area contributed by atoms with Crippen molar-refractivity contribution < 1.29 is 6.85 Å². The van der Waals surface area contributed by atoms with E-state index in [4.69, 9.17) is 26.8 Å². The smallest absolute Gasteiger partial charge is 0.164 e. The van der Waals surface area contributed by atoms with Crippen LogP contribution < -0.4 is 0 Å². The third kappa shape index (κ3) is 7.60. The summed E-state index contributed by atoms with van der Waals surface area (Å²) in [6.45, 7) is 0. The normalized spacial score (nSPS) is 12.3. The molecule has 63 heavy (non-hydrogen) atoms. The summed E-state index contributed by atoms with van der Waals surface area (Å²) in [6, 6.07) is 64.6. The maximum Gasteiger partial charge on any atom is 0.164 e. The average Bonchev–Trinajstić information content (AvgIpc) is 3.80. The highest BCUT2D eigenvalue weighted by Gasteiger charge is 2.19. The van der Waals surface area contributed by atoms with Crippen LogP contribution in [0, 0.1) is 0 Å². The quantitative estimate of drug-likeness (QED) is 0.146. The van der Waals surface area contributed by atoms with Gasteiger partial charge in [-0.05, 0) is 80.9 Å². The van der Waals surface area contributed by atoms with Crippen molar-refractivity contribution in [2.24, 2.45) is 0 Å². The van der Waals surface area contributed by atoms with Crippen LogP contribution in [0.2, 0.25) is 0 Å². The van der Waals surface area contributed by atoms with Gasteiger partial charge in [-0.1, -0.05) is 194 Å². The lowest BCUT2D eigenvalue weighted by atomic mass is 9.94. The van der Waals surface area contributed by atoms with E-state index in [1.165, 1.54) is 0 Å². The molecule has 0 atom stereocenters. The van der Waals surface area contributed by atoms with Gasteiger partial charge in [0.05, 0.1) is 18.2 Å². The van der Waals surface area contributed by atoms with Crippen molar-refractivity contribution in [3.8, 4) is 101 Å². The highest BCUT2D eigenvalue weighted by molar-refractivity contribution is 5.86. The van der Waals surface area contributed by atoms with E-state index in [2.05, 4.69) is 71.1 Å². The Morgan fingerprint density at radius 3 is 1.32 bits per heavy atom. The lowest BCUT2D eigenvalue weighted by Gasteiger charge is -2.13. The number of rotatable bonds is 9. The molecule has 5 heteroatoms. The van der Waals surface area contributed by atoms with Gasteiger partial charge in [0.15, 0.2) is 17.5 Å². The van der Waals surface area contributed by atoms with E-state index in [1.54, 1.807) is 6.07 Å². The number of hydrogen-bond donors (Lipinski definition) is 0. The molecule has 0 saturated heterocycles. The summed E-state index contributed by atoms with van der Waals surface area (Å²) in [5.41, 5.74) is 12.9. The molecule has 0 saturated carbocycles. The monoisotopic (exact) mass is 810 g/mol. The van der Waals surface area contributed by atoms with E-state index in [9.17, 15) is 0 Å². The Bertz CT molecular complexity index is 3530. The molecule has 3 aromatic heterocycles. The number of fused-ring (bicyclic) bond motifs is 1. The van der Waals surface area contributed by atoms with Gasteiger partial charge in [0, 0.05) is 34.0 Å². The van der Waals surface area contributed by atoms with Gasteiger partial charge < -0.3 is 0 Å². The summed E-state index contributed by atoms with van der Waals surface area (Å²) >= 11 is 0. The van der Waals surface area contributed by atoms with Crippen molar-refractivity contribution in [3.63, 3.8) is 0 Å². The van der Waals surface area contributed by atoms with Crippen LogP contribution in [0.1, 0.15) is 6.85 Å². The zero-order chi connectivity index (χ0) is 46.3. The topological polar surface area (TPSA) is 56.0 Å². The third-order valence-corrected chi connectivity index (χ3v) is 11.2. The molecule has 5 nitrogen and oxygen atoms in total. The van der Waals surface area contributed by atoms with E-state index in [0.29, 0.717) is 28.6 Å². The zero-order valence-corrected chi connectivity index (χ0v) is 33.9. The maximum atomic E-state index is 9.06. The number of pyridine rings is 1. The van der Waals surface area contributed by atoms with E-state index < -0.39 is 18.1 Å². The molecule has 296 valence electrons. The van der Waals surface area contributed by atoms with Crippen LogP contribution in [0.5, 0.6) is 0 Å². The molecule has 0 unspecified atom stereocenters. The summed E-state index contributed by atoms with van der Waals surface area (Å²) in [7, 11) is 0. The minimum absolute atomic E-state index is 0.0736. The molecular formula is C58H39N5. The molecule has 3 heterocycles. The van der Waals surface area contributed by atoms with Gasteiger partial charge in [0.1, 0.15) is 5.65 Å². The summed E-state index contributed by atoms with van der Waals surface area (Å²) < 4.78 is 45.8. The van der Waals surface area contributed by atoms with Gasteiger partial charge in [-0.25, -0.2) is 19.9 Å². The molecule has 0 aliphatic heterocycles. The van der Waals surface area contributed by atoms with Crippen LogP contribution in [0.15, 0.2) is 237 Å². The fourth-order valence-corrected chi connectivity index (χ4v) is 8.02. The molecule has 0 spiro atoms. The Morgan fingerprint density at radius 1 is 0.302 bits per heavy atom. The summed E-state index contributed by atoms with van der Waals surface area (Å²) in [4.78, 5) is 20.5. The lowest BCUT2D eigenvalue weighted by molar-refractivity contribution is 1.07.